The Morgan fingerprint density at radius 3 is 0.943 bits per heavy atom. The van der Waals surface area contributed by atoms with Crippen molar-refractivity contribution >= 4 is 109 Å². The van der Waals surface area contributed by atoms with Gasteiger partial charge in [-0.05, 0) is 109 Å². The van der Waals surface area contributed by atoms with Crippen molar-refractivity contribution in [3.63, 3.8) is 0 Å². The third-order valence-corrected chi connectivity index (χ3v) is 20.2. The molecule has 0 fully saturated rings. The van der Waals surface area contributed by atoms with Gasteiger partial charge in [-0.1, -0.05) is 180 Å². The molecule has 17 heteroatoms. The summed E-state index contributed by atoms with van der Waals surface area (Å²) >= 11 is 0. The molecule has 4 aromatic heterocycles. The van der Waals surface area contributed by atoms with Gasteiger partial charge in [0.25, 0.3) is 0 Å². The molecule has 15 rings (SSSR count). The van der Waals surface area contributed by atoms with Crippen LogP contribution in [0, 0.1) is 0 Å². The summed E-state index contributed by atoms with van der Waals surface area (Å²) in [6.45, 7) is 20.8. The van der Waals surface area contributed by atoms with Crippen LogP contribution in [0.15, 0.2) is 115 Å². The highest BCUT2D eigenvalue weighted by atomic mass is 16.5. The molecule has 0 amide bonds. The van der Waals surface area contributed by atoms with Crippen LogP contribution in [0.25, 0.3) is 154 Å². The summed E-state index contributed by atoms with van der Waals surface area (Å²) in [4.78, 5) is 44.7. The normalized spacial score (nSPS) is 12.0. The minimum absolute atomic E-state index is 0.337. The summed E-state index contributed by atoms with van der Waals surface area (Å²) in [7, 11) is 2.00. The van der Waals surface area contributed by atoms with Crippen molar-refractivity contribution in [1.82, 2.24) is 44.4 Å². The number of nitrogens with one attached hydrogen (secondary N) is 1. The molecule has 13 aromatic rings. The lowest BCUT2D eigenvalue weighted by Crippen LogP contribution is -2.04. The monoisotopic (exact) mass is 1410 g/mol. The van der Waals surface area contributed by atoms with E-state index >= 15 is 0 Å². The first-order valence-electron chi connectivity index (χ1n) is 38.7. The van der Waals surface area contributed by atoms with Crippen molar-refractivity contribution in [3.8, 4) is 91.5 Å². The zero-order valence-corrected chi connectivity index (χ0v) is 62.3. The molecule has 540 valence electrons. The van der Waals surface area contributed by atoms with Crippen LogP contribution in [-0.2, 0) is 7.05 Å². The summed E-state index contributed by atoms with van der Waals surface area (Å²) in [5.41, 5.74) is 5.00. The smallest absolute Gasteiger partial charge is 0.168 e. The van der Waals surface area contributed by atoms with Gasteiger partial charge in [-0.25, -0.2) is 29.9 Å². The molecule has 9 aromatic carbocycles. The molecule has 17 nitrogen and oxygen atoms in total. The van der Waals surface area contributed by atoms with Crippen LogP contribution in [0.1, 0.15) is 158 Å². The molecule has 0 saturated heterocycles. The van der Waals surface area contributed by atoms with Crippen molar-refractivity contribution in [2.24, 2.45) is 7.05 Å². The SMILES string of the molecule is CCCCOc1c2c(c(OCCCC)c3ccccc13)-c1nc-2nc2[nH]c(nc3nc(nc4c5c(OCCCC)c6ncccc6c(OCCCC)c5c(n1)n4C)-c1c-3c(OCCCC)c3cc4ccccc4cc3c1OCCCC)c1c(OCCCC)c3cc4ccccc4cc3c(OCCCC)c21. The van der Waals surface area contributed by atoms with E-state index in [-0.39, 0.29) is 0 Å². The van der Waals surface area contributed by atoms with Crippen molar-refractivity contribution < 1.29 is 37.9 Å². The second-order valence-corrected chi connectivity index (χ2v) is 27.7. The molecule has 0 spiro atoms. The fraction of sp³-hybridized carbons (Fsp3) is 0.375. The molecule has 0 aliphatic carbocycles. The van der Waals surface area contributed by atoms with E-state index in [9.17, 15) is 0 Å². The highest BCUT2D eigenvalue weighted by Crippen LogP contribution is 2.57. The van der Waals surface area contributed by atoms with Crippen LogP contribution in [0.4, 0.5) is 0 Å². The van der Waals surface area contributed by atoms with Gasteiger partial charge < -0.3 is 47.4 Å². The lowest BCUT2D eigenvalue weighted by atomic mass is 9.95. The summed E-state index contributed by atoms with van der Waals surface area (Å²) in [5.74, 6) is 6.24. The molecule has 0 saturated carbocycles. The highest BCUT2D eigenvalue weighted by molar-refractivity contribution is 6.24. The standard InChI is InChI=1S/C88H95N9O8/c1-10-18-41-98-73-57-37-30-31-38-58(57)74(99-42-19-11-2)65-64(73)81-90-82-66-67(77(102-45-22-14-5)61-50-54-34-27-26-33-53(54)49-60(61)76(66)101-44-21-13-4)83(91-82)92-84-68-69(79(104-47-24-16-7)63-52-56-36-29-28-35-55(56)51-62(63)78(68)103-46-23-15-6)86(94-84)96-88-71-70(87(97(88)9)95-85(65)93-81)75(100-43-20-12-3)59-39-32-40-89-72(59)80(71)105-48-25-17-8/h26-40,49-52H,10-25,41-48H2,1-9H3,(H,90,91,92,93,94,95,96). The van der Waals surface area contributed by atoms with Crippen molar-refractivity contribution in [2.45, 2.75) is 158 Å². The number of ether oxygens (including phenoxy) is 8. The quantitative estimate of drug-likeness (QED) is 0.0310. The first-order valence-corrected chi connectivity index (χ1v) is 38.7. The number of hydrogen-bond acceptors (Lipinski definition) is 15. The molecule has 2 aliphatic rings. The molecule has 105 heavy (non-hydrogen) atoms. The van der Waals surface area contributed by atoms with E-state index in [1.54, 1.807) is 0 Å². The van der Waals surface area contributed by atoms with E-state index in [1.807, 2.05) is 23.9 Å². The van der Waals surface area contributed by atoms with Crippen LogP contribution in [0.3, 0.4) is 0 Å². The lowest BCUT2D eigenvalue weighted by Gasteiger charge is -2.19. The van der Waals surface area contributed by atoms with Gasteiger partial charge in [0, 0.05) is 50.9 Å². The van der Waals surface area contributed by atoms with Crippen LogP contribution >= 0.6 is 0 Å². The largest absolute Gasteiger partial charge is 0.492 e. The number of fused-ring (bicyclic) bond motifs is 26. The minimum Gasteiger partial charge on any atom is -0.492 e. The van der Waals surface area contributed by atoms with Gasteiger partial charge in [0.05, 0.1) is 96.7 Å². The molecule has 0 atom stereocenters. The van der Waals surface area contributed by atoms with Crippen molar-refractivity contribution in [1.29, 1.82) is 0 Å². The lowest BCUT2D eigenvalue weighted by molar-refractivity contribution is 0.308. The van der Waals surface area contributed by atoms with E-state index < -0.39 is 0 Å². The predicted molar refractivity (Wildman–Crippen MR) is 427 cm³/mol. The fourth-order valence-electron chi connectivity index (χ4n) is 14.6. The first-order chi connectivity index (χ1) is 51.7. The van der Waals surface area contributed by atoms with Gasteiger partial charge in [-0.3, -0.25) is 4.98 Å². The number of pyridine rings is 1. The first kappa shape index (κ1) is 70.1. The van der Waals surface area contributed by atoms with E-state index in [2.05, 4.69) is 164 Å². The van der Waals surface area contributed by atoms with Crippen LogP contribution in [0.2, 0.25) is 0 Å². The third-order valence-electron chi connectivity index (χ3n) is 20.2. The Balaban J connectivity index is 1.24. The molecule has 0 unspecified atom stereocenters. The molecular formula is C88H95N9O8. The van der Waals surface area contributed by atoms with Gasteiger partial charge in [-0.15, -0.1) is 0 Å². The van der Waals surface area contributed by atoms with Crippen molar-refractivity contribution in [2.75, 3.05) is 52.9 Å². The van der Waals surface area contributed by atoms with Gasteiger partial charge in [0.1, 0.15) is 68.4 Å². The summed E-state index contributed by atoms with van der Waals surface area (Å²) in [5, 5.41) is 12.8. The van der Waals surface area contributed by atoms with Crippen LogP contribution in [0.5, 0.6) is 46.0 Å². The molecular weight excluding hydrogens is 1310 g/mol. The van der Waals surface area contributed by atoms with Gasteiger partial charge >= 0.3 is 0 Å². The van der Waals surface area contributed by atoms with E-state index in [1.165, 1.54) is 0 Å². The fourth-order valence-corrected chi connectivity index (χ4v) is 14.6. The third kappa shape index (κ3) is 13.0. The Morgan fingerprint density at radius 2 is 0.581 bits per heavy atom. The number of unbranched alkanes of at least 4 members (excludes halogenated alkanes) is 8. The maximum absolute atomic E-state index is 7.35. The Labute approximate surface area is 613 Å². The molecule has 1 N–H and O–H groups in total. The number of aromatic amines is 1. The van der Waals surface area contributed by atoms with E-state index in [4.69, 9.17) is 72.8 Å². The molecule has 8 bridgehead atoms. The number of H-pyrrole nitrogens is 1. The number of aromatic nitrogens is 9. The summed E-state index contributed by atoms with van der Waals surface area (Å²) < 4.78 is 60.3. The number of hydrogen-bond donors (Lipinski definition) is 1. The van der Waals surface area contributed by atoms with Gasteiger partial charge in [0.2, 0.25) is 0 Å². The minimum atomic E-state index is 0.337. The Hall–Kier alpha value is -10.6. The predicted octanol–water partition coefficient (Wildman–Crippen LogP) is 22.6. The number of aryl methyl sites for hydroxylation is 1. The average molecular weight is 1410 g/mol. The Kier molecular flexibility index (Phi) is 21.0. The molecule has 0 radical (unpaired) electrons. The van der Waals surface area contributed by atoms with Gasteiger partial charge in [-0.2, -0.15) is 0 Å². The maximum atomic E-state index is 7.35. The van der Waals surface area contributed by atoms with E-state index in [0.29, 0.717) is 194 Å². The second kappa shape index (κ2) is 31.4. The molecule has 6 heterocycles. The Bertz CT molecular complexity index is 5630. The topological polar surface area (TPSA) is 185 Å². The highest BCUT2D eigenvalue weighted by Gasteiger charge is 2.37. The second-order valence-electron chi connectivity index (χ2n) is 27.7. The number of nitrogens with zero attached hydrogens (tertiary/aromatic N) is 8. The Morgan fingerprint density at radius 1 is 0.295 bits per heavy atom. The number of benzene rings is 9. The molecule has 2 aliphatic heterocycles. The van der Waals surface area contributed by atoms with Gasteiger partial charge in [0.15, 0.2) is 29.0 Å². The van der Waals surface area contributed by atoms with Crippen LogP contribution < -0.4 is 37.9 Å². The van der Waals surface area contributed by atoms with Crippen molar-refractivity contribution in [3.05, 3.63) is 115 Å². The number of rotatable bonds is 32. The maximum Gasteiger partial charge on any atom is 0.168 e. The summed E-state index contributed by atoms with van der Waals surface area (Å²) in [6.07, 6.45) is 15.4. The average Bonchev–Trinajstić information content (AvgIpc) is 1.59. The van der Waals surface area contributed by atoms with E-state index in [0.717, 1.165) is 162 Å². The summed E-state index contributed by atoms with van der Waals surface area (Å²) in [6, 6.07) is 38.2. The zero-order chi connectivity index (χ0) is 72.1. The zero-order valence-electron chi connectivity index (χ0n) is 62.3. The van der Waals surface area contributed by atoms with Crippen LogP contribution in [-0.4, -0.2) is 97.3 Å².